The van der Waals surface area contributed by atoms with Gasteiger partial charge in [-0.25, -0.2) is 4.79 Å². The van der Waals surface area contributed by atoms with Crippen LogP contribution in [0.1, 0.15) is 40.0 Å². The first-order valence-corrected chi connectivity index (χ1v) is 8.21. The second kappa shape index (κ2) is 5.99. The third-order valence-corrected chi connectivity index (χ3v) is 5.37. The zero-order valence-corrected chi connectivity index (χ0v) is 14.8. The number of hydrogen-bond donors (Lipinski definition) is 1. The number of rotatable bonds is 3. The third-order valence-electron chi connectivity index (χ3n) is 4.68. The first kappa shape index (κ1) is 16.3. The normalized spacial score (nSPS) is 28.0. The van der Waals surface area contributed by atoms with Gasteiger partial charge in [0.1, 0.15) is 5.54 Å². The molecule has 1 saturated carbocycles. The zero-order chi connectivity index (χ0) is 15.7. The largest absolute Gasteiger partial charge is 0.467 e. The summed E-state index contributed by atoms with van der Waals surface area (Å²) in [5, 5.41) is 3.48. The van der Waals surface area contributed by atoms with Crippen molar-refractivity contribution in [3.05, 3.63) is 28.7 Å². The van der Waals surface area contributed by atoms with Gasteiger partial charge in [-0.05, 0) is 58.7 Å². The van der Waals surface area contributed by atoms with E-state index in [-0.39, 0.29) is 17.3 Å². The highest BCUT2D eigenvalue weighted by atomic mass is 79.9. The standard InChI is InChI=1S/C17H24BrNO2/c1-12-11-16(2,3)9-10-17(12,15(20)21-4)19-14-8-6-5-7-13(14)18/h5-8,12,19H,9-11H2,1-4H3. The number of nitrogens with one attached hydrogen (secondary N) is 1. The lowest BCUT2D eigenvalue weighted by molar-refractivity contribution is -0.150. The molecule has 0 aliphatic heterocycles. The summed E-state index contributed by atoms with van der Waals surface area (Å²) in [5.41, 5.74) is 0.565. The van der Waals surface area contributed by atoms with Gasteiger partial charge in [0.05, 0.1) is 7.11 Å². The molecule has 0 spiro atoms. The molecule has 1 aromatic rings. The minimum Gasteiger partial charge on any atom is -0.467 e. The molecule has 0 heterocycles. The Hall–Kier alpha value is -1.03. The lowest BCUT2D eigenvalue weighted by Crippen LogP contribution is -2.56. The van der Waals surface area contributed by atoms with Crippen molar-refractivity contribution in [3.8, 4) is 0 Å². The van der Waals surface area contributed by atoms with Crippen LogP contribution in [-0.4, -0.2) is 18.6 Å². The molecule has 2 atom stereocenters. The highest BCUT2D eigenvalue weighted by Gasteiger charge is 2.50. The Morgan fingerprint density at radius 3 is 2.57 bits per heavy atom. The number of methoxy groups -OCH3 is 1. The van der Waals surface area contributed by atoms with E-state index >= 15 is 0 Å². The number of carbonyl (C=O) groups is 1. The Morgan fingerprint density at radius 1 is 1.33 bits per heavy atom. The Balaban J connectivity index is 2.35. The van der Waals surface area contributed by atoms with Crippen LogP contribution in [0.2, 0.25) is 0 Å². The molecule has 0 amide bonds. The van der Waals surface area contributed by atoms with Gasteiger partial charge in [-0.2, -0.15) is 0 Å². The molecule has 1 aliphatic carbocycles. The molecule has 1 aliphatic rings. The van der Waals surface area contributed by atoms with E-state index in [1.54, 1.807) is 0 Å². The molecule has 2 unspecified atom stereocenters. The van der Waals surface area contributed by atoms with E-state index in [1.807, 2.05) is 24.3 Å². The summed E-state index contributed by atoms with van der Waals surface area (Å²) >= 11 is 3.55. The van der Waals surface area contributed by atoms with Gasteiger partial charge in [0.2, 0.25) is 0 Å². The molecule has 3 nitrogen and oxygen atoms in total. The van der Waals surface area contributed by atoms with Crippen molar-refractivity contribution in [1.29, 1.82) is 0 Å². The fourth-order valence-corrected chi connectivity index (χ4v) is 3.80. The lowest BCUT2D eigenvalue weighted by Gasteiger charge is -2.47. The summed E-state index contributed by atoms with van der Waals surface area (Å²) in [5.74, 6) is 0.0436. The van der Waals surface area contributed by atoms with Crippen LogP contribution in [0.5, 0.6) is 0 Å². The average molecular weight is 354 g/mol. The quantitative estimate of drug-likeness (QED) is 0.805. The summed E-state index contributed by atoms with van der Waals surface area (Å²) in [6, 6.07) is 7.90. The molecule has 0 bridgehead atoms. The van der Waals surface area contributed by atoms with Gasteiger partial charge in [-0.3, -0.25) is 0 Å². The molecule has 116 valence electrons. The maximum atomic E-state index is 12.5. The van der Waals surface area contributed by atoms with Crippen molar-refractivity contribution in [3.63, 3.8) is 0 Å². The van der Waals surface area contributed by atoms with E-state index in [4.69, 9.17) is 4.74 Å². The number of anilines is 1. The smallest absolute Gasteiger partial charge is 0.331 e. The lowest BCUT2D eigenvalue weighted by atomic mass is 9.63. The molecule has 2 rings (SSSR count). The van der Waals surface area contributed by atoms with Crippen LogP contribution < -0.4 is 5.32 Å². The van der Waals surface area contributed by atoms with Crippen LogP contribution in [-0.2, 0) is 9.53 Å². The van der Waals surface area contributed by atoms with Crippen molar-refractivity contribution in [2.24, 2.45) is 11.3 Å². The van der Waals surface area contributed by atoms with Gasteiger partial charge in [0.15, 0.2) is 0 Å². The third kappa shape index (κ3) is 3.25. The minimum atomic E-state index is -0.645. The van der Waals surface area contributed by atoms with E-state index in [1.165, 1.54) is 7.11 Å². The second-order valence-electron chi connectivity index (χ2n) is 6.84. The van der Waals surface area contributed by atoms with Crippen LogP contribution in [0, 0.1) is 11.3 Å². The topological polar surface area (TPSA) is 38.3 Å². The van der Waals surface area contributed by atoms with Crippen LogP contribution in [0.15, 0.2) is 28.7 Å². The summed E-state index contributed by atoms with van der Waals surface area (Å²) in [6.45, 7) is 6.67. The van der Waals surface area contributed by atoms with Crippen molar-refractivity contribution < 1.29 is 9.53 Å². The Kier molecular flexibility index (Phi) is 4.66. The minimum absolute atomic E-state index is 0.166. The monoisotopic (exact) mass is 353 g/mol. The van der Waals surface area contributed by atoms with Gasteiger partial charge in [0, 0.05) is 10.2 Å². The molecule has 1 fully saturated rings. The zero-order valence-electron chi connectivity index (χ0n) is 13.2. The van der Waals surface area contributed by atoms with Crippen LogP contribution in [0.4, 0.5) is 5.69 Å². The number of halogens is 1. The predicted octanol–water partition coefficient (Wildman–Crippen LogP) is 4.62. The van der Waals surface area contributed by atoms with E-state index < -0.39 is 5.54 Å². The fourth-order valence-electron chi connectivity index (χ4n) is 3.41. The van der Waals surface area contributed by atoms with Crippen LogP contribution in [0.25, 0.3) is 0 Å². The van der Waals surface area contributed by atoms with E-state index in [0.717, 1.165) is 29.4 Å². The number of ether oxygens (including phenoxy) is 1. The molecule has 0 radical (unpaired) electrons. The molecular weight excluding hydrogens is 330 g/mol. The number of benzene rings is 1. The molecule has 1 aromatic carbocycles. The molecule has 21 heavy (non-hydrogen) atoms. The Bertz CT molecular complexity index is 529. The fraction of sp³-hybridized carbons (Fsp3) is 0.588. The predicted molar refractivity (Wildman–Crippen MR) is 89.3 cm³/mol. The molecular formula is C17H24BrNO2. The Morgan fingerprint density at radius 2 is 2.00 bits per heavy atom. The summed E-state index contributed by atoms with van der Waals surface area (Å²) in [4.78, 5) is 12.5. The Labute approximate surface area is 135 Å². The number of carbonyl (C=O) groups excluding carboxylic acids is 1. The first-order valence-electron chi connectivity index (χ1n) is 7.42. The maximum Gasteiger partial charge on any atom is 0.331 e. The van der Waals surface area contributed by atoms with Crippen LogP contribution >= 0.6 is 15.9 Å². The molecule has 4 heteroatoms. The molecule has 1 N–H and O–H groups in total. The number of hydrogen-bond acceptors (Lipinski definition) is 3. The highest BCUT2D eigenvalue weighted by Crippen LogP contribution is 2.46. The number of para-hydroxylation sites is 1. The SMILES string of the molecule is COC(=O)C1(Nc2ccccc2Br)CCC(C)(C)CC1C. The summed E-state index contributed by atoms with van der Waals surface area (Å²) in [6.07, 6.45) is 2.79. The highest BCUT2D eigenvalue weighted by molar-refractivity contribution is 9.10. The summed E-state index contributed by atoms with van der Waals surface area (Å²) < 4.78 is 6.09. The van der Waals surface area contributed by atoms with Gasteiger partial charge in [0.25, 0.3) is 0 Å². The van der Waals surface area contributed by atoms with E-state index in [9.17, 15) is 4.79 Å². The van der Waals surface area contributed by atoms with Gasteiger partial charge < -0.3 is 10.1 Å². The summed E-state index contributed by atoms with van der Waals surface area (Å²) in [7, 11) is 1.47. The van der Waals surface area contributed by atoms with E-state index in [2.05, 4.69) is 42.0 Å². The van der Waals surface area contributed by atoms with Gasteiger partial charge in [-0.1, -0.05) is 32.9 Å². The first-order chi connectivity index (χ1) is 9.81. The van der Waals surface area contributed by atoms with E-state index in [0.29, 0.717) is 0 Å². The van der Waals surface area contributed by atoms with Gasteiger partial charge in [-0.15, -0.1) is 0 Å². The van der Waals surface area contributed by atoms with Gasteiger partial charge >= 0.3 is 5.97 Å². The van der Waals surface area contributed by atoms with Crippen molar-refractivity contribution in [2.75, 3.05) is 12.4 Å². The van der Waals surface area contributed by atoms with Crippen molar-refractivity contribution in [2.45, 2.75) is 45.6 Å². The van der Waals surface area contributed by atoms with Crippen molar-refractivity contribution in [1.82, 2.24) is 0 Å². The van der Waals surface area contributed by atoms with Crippen molar-refractivity contribution >= 4 is 27.6 Å². The average Bonchev–Trinajstić information content (AvgIpc) is 2.43. The molecule has 0 aromatic heterocycles. The second-order valence-corrected chi connectivity index (χ2v) is 7.69. The maximum absolute atomic E-state index is 12.5. The molecule has 0 saturated heterocycles. The number of esters is 1. The van der Waals surface area contributed by atoms with Crippen LogP contribution in [0.3, 0.4) is 0 Å².